The van der Waals surface area contributed by atoms with Crippen molar-refractivity contribution >= 4 is 0 Å². The van der Waals surface area contributed by atoms with Crippen LogP contribution in [0, 0.1) is 5.92 Å². The van der Waals surface area contributed by atoms with Crippen molar-refractivity contribution in [2.45, 2.75) is 38.8 Å². The molecule has 0 radical (unpaired) electrons. The van der Waals surface area contributed by atoms with Gasteiger partial charge in [-0.05, 0) is 24.8 Å². The van der Waals surface area contributed by atoms with Crippen LogP contribution in [0.2, 0.25) is 0 Å². The molecule has 0 spiro atoms. The Balaban J connectivity index is 2.61. The van der Waals surface area contributed by atoms with Gasteiger partial charge in [-0.3, -0.25) is 0 Å². The van der Waals surface area contributed by atoms with E-state index in [0.29, 0.717) is 12.5 Å². The topological polar surface area (TPSA) is 55.5 Å². The summed E-state index contributed by atoms with van der Waals surface area (Å²) in [6.07, 6.45) is 1.15. The second-order valence-corrected chi connectivity index (χ2v) is 5.43. The van der Waals surface area contributed by atoms with Crippen LogP contribution in [-0.4, -0.2) is 24.4 Å². The summed E-state index contributed by atoms with van der Waals surface area (Å²) >= 11 is 0. The number of hydrogen-bond donors (Lipinski definition) is 2. The number of ether oxygens (including phenoxy) is 1. The molecule has 0 aliphatic rings. The molecule has 0 bridgehead atoms. The third-order valence-corrected chi connectivity index (χ3v) is 3.06. The molecular formula is C15H25NO2. The summed E-state index contributed by atoms with van der Waals surface area (Å²) < 4.78 is 5.78. The van der Waals surface area contributed by atoms with E-state index in [2.05, 4.69) is 13.8 Å². The van der Waals surface area contributed by atoms with Crippen LogP contribution in [-0.2, 0) is 10.3 Å². The quantitative estimate of drug-likeness (QED) is 0.781. The SMILES string of the molecule is CC(C)CC(C)OCC(N)(CO)c1ccccc1. The zero-order valence-electron chi connectivity index (χ0n) is 11.6. The number of hydrogen-bond acceptors (Lipinski definition) is 3. The molecule has 18 heavy (non-hydrogen) atoms. The normalized spacial score (nSPS) is 16.6. The van der Waals surface area contributed by atoms with E-state index in [1.807, 2.05) is 37.3 Å². The summed E-state index contributed by atoms with van der Waals surface area (Å²) in [6.45, 7) is 6.59. The van der Waals surface area contributed by atoms with E-state index in [4.69, 9.17) is 10.5 Å². The van der Waals surface area contributed by atoms with Gasteiger partial charge in [0.1, 0.15) is 0 Å². The van der Waals surface area contributed by atoms with Gasteiger partial charge >= 0.3 is 0 Å². The smallest absolute Gasteiger partial charge is 0.0881 e. The van der Waals surface area contributed by atoms with Crippen molar-refractivity contribution in [1.29, 1.82) is 0 Å². The maximum atomic E-state index is 9.53. The van der Waals surface area contributed by atoms with E-state index in [1.165, 1.54) is 0 Å². The second-order valence-electron chi connectivity index (χ2n) is 5.43. The zero-order valence-corrected chi connectivity index (χ0v) is 11.6. The van der Waals surface area contributed by atoms with E-state index in [0.717, 1.165) is 12.0 Å². The minimum Gasteiger partial charge on any atom is -0.394 e. The molecule has 3 heteroatoms. The maximum absolute atomic E-state index is 9.53. The minimum atomic E-state index is -0.813. The average Bonchev–Trinajstić information content (AvgIpc) is 2.36. The Labute approximate surface area is 110 Å². The molecule has 2 atom stereocenters. The standard InChI is InChI=1S/C15H25NO2/c1-12(2)9-13(3)18-11-15(16,10-17)14-7-5-4-6-8-14/h4-8,12-13,17H,9-11,16H2,1-3H3. The first kappa shape index (κ1) is 15.2. The Hall–Kier alpha value is -0.900. The third-order valence-electron chi connectivity index (χ3n) is 3.06. The van der Waals surface area contributed by atoms with Crippen LogP contribution in [0.1, 0.15) is 32.8 Å². The summed E-state index contributed by atoms with van der Waals surface area (Å²) in [5, 5.41) is 9.53. The molecule has 2 unspecified atom stereocenters. The van der Waals surface area contributed by atoms with Crippen molar-refractivity contribution in [3.05, 3.63) is 35.9 Å². The Morgan fingerprint density at radius 2 is 1.83 bits per heavy atom. The lowest BCUT2D eigenvalue weighted by Crippen LogP contribution is -2.45. The number of aliphatic hydroxyl groups is 1. The van der Waals surface area contributed by atoms with Gasteiger partial charge in [0.05, 0.1) is 24.9 Å². The Morgan fingerprint density at radius 3 is 2.33 bits per heavy atom. The Bertz CT molecular complexity index is 340. The lowest BCUT2D eigenvalue weighted by Gasteiger charge is -2.29. The van der Waals surface area contributed by atoms with Crippen LogP contribution >= 0.6 is 0 Å². The van der Waals surface area contributed by atoms with Crippen LogP contribution < -0.4 is 5.73 Å². The Kier molecular flexibility index (Phi) is 5.79. The van der Waals surface area contributed by atoms with Crippen LogP contribution in [0.15, 0.2) is 30.3 Å². The highest BCUT2D eigenvalue weighted by molar-refractivity contribution is 5.24. The van der Waals surface area contributed by atoms with Gasteiger partial charge in [-0.1, -0.05) is 44.2 Å². The first-order valence-electron chi connectivity index (χ1n) is 6.55. The number of rotatable bonds is 7. The molecule has 102 valence electrons. The van der Waals surface area contributed by atoms with Gasteiger partial charge in [-0.2, -0.15) is 0 Å². The molecule has 3 N–H and O–H groups in total. The van der Waals surface area contributed by atoms with Gasteiger partial charge in [0, 0.05) is 0 Å². The largest absolute Gasteiger partial charge is 0.394 e. The third kappa shape index (κ3) is 4.41. The Morgan fingerprint density at radius 1 is 1.22 bits per heavy atom. The fourth-order valence-corrected chi connectivity index (χ4v) is 2.01. The zero-order chi connectivity index (χ0) is 13.6. The monoisotopic (exact) mass is 251 g/mol. The van der Waals surface area contributed by atoms with Crippen molar-refractivity contribution in [3.8, 4) is 0 Å². The van der Waals surface area contributed by atoms with E-state index in [1.54, 1.807) is 0 Å². The molecular weight excluding hydrogens is 226 g/mol. The van der Waals surface area contributed by atoms with Crippen LogP contribution in [0.4, 0.5) is 0 Å². The molecule has 0 aliphatic heterocycles. The molecule has 0 aromatic heterocycles. The molecule has 0 heterocycles. The summed E-state index contributed by atoms with van der Waals surface area (Å²) in [7, 11) is 0. The molecule has 0 aliphatic carbocycles. The first-order chi connectivity index (χ1) is 8.48. The van der Waals surface area contributed by atoms with Gasteiger partial charge < -0.3 is 15.6 Å². The maximum Gasteiger partial charge on any atom is 0.0881 e. The fourth-order valence-electron chi connectivity index (χ4n) is 2.01. The van der Waals surface area contributed by atoms with Crippen molar-refractivity contribution in [2.24, 2.45) is 11.7 Å². The predicted molar refractivity (Wildman–Crippen MR) is 74.3 cm³/mol. The second kappa shape index (κ2) is 6.88. The lowest BCUT2D eigenvalue weighted by molar-refractivity contribution is 0.00164. The highest BCUT2D eigenvalue weighted by Gasteiger charge is 2.27. The molecule has 1 rings (SSSR count). The summed E-state index contributed by atoms with van der Waals surface area (Å²) in [5.74, 6) is 0.595. The van der Waals surface area contributed by atoms with Crippen molar-refractivity contribution in [2.75, 3.05) is 13.2 Å². The average molecular weight is 251 g/mol. The van der Waals surface area contributed by atoms with E-state index < -0.39 is 5.54 Å². The van der Waals surface area contributed by atoms with Gasteiger partial charge in [0.2, 0.25) is 0 Å². The molecule has 1 aromatic rings. The van der Waals surface area contributed by atoms with Crippen molar-refractivity contribution in [1.82, 2.24) is 0 Å². The van der Waals surface area contributed by atoms with E-state index in [9.17, 15) is 5.11 Å². The highest BCUT2D eigenvalue weighted by Crippen LogP contribution is 2.19. The van der Waals surface area contributed by atoms with Crippen molar-refractivity contribution in [3.63, 3.8) is 0 Å². The predicted octanol–water partition coefficient (Wildman–Crippen LogP) is 2.28. The summed E-state index contributed by atoms with van der Waals surface area (Å²) in [4.78, 5) is 0. The van der Waals surface area contributed by atoms with Gasteiger partial charge in [0.25, 0.3) is 0 Å². The summed E-state index contributed by atoms with van der Waals surface area (Å²) in [6, 6.07) is 9.62. The summed E-state index contributed by atoms with van der Waals surface area (Å²) in [5.41, 5.74) is 6.32. The molecule has 0 fully saturated rings. The van der Waals surface area contributed by atoms with Gasteiger partial charge in [-0.15, -0.1) is 0 Å². The number of aliphatic hydroxyl groups excluding tert-OH is 1. The molecule has 3 nitrogen and oxygen atoms in total. The molecule has 0 amide bonds. The van der Waals surface area contributed by atoms with Crippen LogP contribution in [0.5, 0.6) is 0 Å². The van der Waals surface area contributed by atoms with E-state index in [-0.39, 0.29) is 12.7 Å². The molecule has 0 saturated heterocycles. The van der Waals surface area contributed by atoms with E-state index >= 15 is 0 Å². The van der Waals surface area contributed by atoms with Crippen molar-refractivity contribution < 1.29 is 9.84 Å². The number of nitrogens with two attached hydrogens (primary N) is 1. The fraction of sp³-hybridized carbons (Fsp3) is 0.600. The lowest BCUT2D eigenvalue weighted by atomic mass is 9.93. The number of benzene rings is 1. The molecule has 1 aromatic carbocycles. The van der Waals surface area contributed by atoms with Crippen LogP contribution in [0.25, 0.3) is 0 Å². The van der Waals surface area contributed by atoms with Crippen LogP contribution in [0.3, 0.4) is 0 Å². The highest BCUT2D eigenvalue weighted by atomic mass is 16.5. The van der Waals surface area contributed by atoms with Gasteiger partial charge in [-0.25, -0.2) is 0 Å². The van der Waals surface area contributed by atoms with Gasteiger partial charge in [0.15, 0.2) is 0 Å². The first-order valence-corrected chi connectivity index (χ1v) is 6.55. The molecule has 0 saturated carbocycles. The minimum absolute atomic E-state index is 0.120.